The number of halogens is 1. The molecule has 1 aromatic heterocycles. The first-order valence-corrected chi connectivity index (χ1v) is 12.4. The van der Waals surface area contributed by atoms with Gasteiger partial charge in [0.25, 0.3) is 0 Å². The number of hydrogen-bond acceptors (Lipinski definition) is 6. The first-order valence-electron chi connectivity index (χ1n) is 12.0. The number of allylic oxidation sites excluding steroid dienone is 1. The minimum absolute atomic E-state index is 0.316. The van der Waals surface area contributed by atoms with Crippen molar-refractivity contribution in [3.05, 3.63) is 99.7 Å². The lowest BCUT2D eigenvalue weighted by Crippen LogP contribution is -2.18. The normalized spacial score (nSPS) is 15.0. The van der Waals surface area contributed by atoms with E-state index < -0.39 is 5.97 Å². The van der Waals surface area contributed by atoms with Crippen LogP contribution in [0.3, 0.4) is 0 Å². The molecule has 0 atom stereocenters. The van der Waals surface area contributed by atoms with Crippen LogP contribution in [-0.4, -0.2) is 36.6 Å². The number of carbonyl (C=O) groups is 2. The van der Waals surface area contributed by atoms with E-state index in [1.165, 1.54) is 0 Å². The van der Waals surface area contributed by atoms with Crippen LogP contribution in [0.2, 0.25) is 5.02 Å². The number of carbonyl (C=O) groups excluding carboxylic acids is 2. The molecule has 0 radical (unpaired) electrons. The monoisotopic (exact) mass is 511 g/mol. The predicted octanol–water partition coefficient (Wildman–Crippen LogP) is 6.19. The minimum Gasteiger partial charge on any atom is -0.486 e. The lowest BCUT2D eigenvalue weighted by Gasteiger charge is -2.18. The van der Waals surface area contributed by atoms with Gasteiger partial charge < -0.3 is 14.2 Å². The Labute approximate surface area is 218 Å². The summed E-state index contributed by atoms with van der Waals surface area (Å²) >= 11 is 6.03. The molecule has 0 spiro atoms. The molecule has 4 aromatic rings. The molecule has 0 saturated carbocycles. The van der Waals surface area contributed by atoms with Crippen LogP contribution in [0, 0.1) is 0 Å². The Morgan fingerprint density at radius 1 is 0.946 bits per heavy atom. The Morgan fingerprint density at radius 3 is 2.57 bits per heavy atom. The van der Waals surface area contributed by atoms with E-state index in [4.69, 9.17) is 30.8 Å². The Bertz CT molecular complexity index is 1580. The highest BCUT2D eigenvalue weighted by atomic mass is 35.5. The van der Waals surface area contributed by atoms with Crippen molar-refractivity contribution in [2.75, 3.05) is 19.8 Å². The summed E-state index contributed by atoms with van der Waals surface area (Å²) in [7, 11) is 0. The smallest absolute Gasteiger partial charge is 0.339 e. The zero-order valence-corrected chi connectivity index (χ0v) is 20.6. The molecular weight excluding hydrogens is 490 g/mol. The van der Waals surface area contributed by atoms with Crippen molar-refractivity contribution in [3.8, 4) is 11.5 Å². The molecule has 0 fully saturated rings. The highest BCUT2D eigenvalue weighted by Crippen LogP contribution is 2.38. The molecule has 6 rings (SSSR count). The Morgan fingerprint density at radius 2 is 1.73 bits per heavy atom. The fraction of sp³-hybridized carbons (Fsp3) is 0.167. The van der Waals surface area contributed by atoms with Gasteiger partial charge in [0.2, 0.25) is 0 Å². The summed E-state index contributed by atoms with van der Waals surface area (Å²) in [5.41, 5.74) is 5.26. The predicted molar refractivity (Wildman–Crippen MR) is 141 cm³/mol. The first-order chi connectivity index (χ1) is 18.1. The van der Waals surface area contributed by atoms with Crippen molar-refractivity contribution < 1.29 is 23.8 Å². The molecule has 0 N–H and O–H groups in total. The van der Waals surface area contributed by atoms with Crippen LogP contribution in [0.1, 0.15) is 44.0 Å². The van der Waals surface area contributed by atoms with Crippen molar-refractivity contribution in [3.63, 3.8) is 0 Å². The van der Waals surface area contributed by atoms with Crippen molar-refractivity contribution >= 4 is 45.9 Å². The highest BCUT2D eigenvalue weighted by molar-refractivity contribution is 6.30. The Kier molecular flexibility index (Phi) is 6.10. The summed E-state index contributed by atoms with van der Waals surface area (Å²) in [4.78, 5) is 31.1. The number of nitrogens with zero attached hydrogens (tertiary/aromatic N) is 1. The van der Waals surface area contributed by atoms with Crippen molar-refractivity contribution in [2.45, 2.75) is 12.8 Å². The van der Waals surface area contributed by atoms with Gasteiger partial charge in [-0.2, -0.15) is 0 Å². The average molecular weight is 512 g/mol. The second kappa shape index (κ2) is 9.71. The van der Waals surface area contributed by atoms with Gasteiger partial charge in [-0.3, -0.25) is 4.79 Å². The third-order valence-electron chi connectivity index (χ3n) is 6.56. The van der Waals surface area contributed by atoms with Gasteiger partial charge in [-0.15, -0.1) is 0 Å². The molecule has 1 aliphatic carbocycles. The van der Waals surface area contributed by atoms with Crippen LogP contribution < -0.4 is 9.47 Å². The lowest BCUT2D eigenvalue weighted by molar-refractivity contribution is 0.0475. The summed E-state index contributed by atoms with van der Waals surface area (Å²) < 4.78 is 16.6. The number of rotatable bonds is 5. The van der Waals surface area contributed by atoms with Gasteiger partial charge in [0, 0.05) is 16.0 Å². The lowest BCUT2D eigenvalue weighted by atomic mass is 10.0. The van der Waals surface area contributed by atoms with Crippen LogP contribution >= 0.6 is 11.6 Å². The molecule has 1 aliphatic heterocycles. The molecule has 2 aliphatic rings. The molecule has 0 saturated heterocycles. The van der Waals surface area contributed by atoms with E-state index in [1.54, 1.807) is 18.2 Å². The van der Waals surface area contributed by atoms with Crippen LogP contribution in [-0.2, 0) is 11.2 Å². The standard InChI is InChI=1S/C30H22ClNO5/c31-21-9-5-18(6-10-21)15-20-7-11-23-28(22-3-1-2-4-24(22)32-29(20)23)30(34)37-17-25(33)19-8-12-26-27(16-19)36-14-13-35-26/h1-6,8-10,12,15-16H,7,11,13-14,17H2/b20-15+. The van der Waals surface area contributed by atoms with Gasteiger partial charge in [0.1, 0.15) is 13.2 Å². The molecule has 0 bridgehead atoms. The third-order valence-corrected chi connectivity index (χ3v) is 6.81. The minimum atomic E-state index is -0.534. The average Bonchev–Trinajstić information content (AvgIpc) is 3.32. The number of fused-ring (bicyclic) bond motifs is 3. The summed E-state index contributed by atoms with van der Waals surface area (Å²) in [6, 6.07) is 20.1. The largest absolute Gasteiger partial charge is 0.486 e. The van der Waals surface area contributed by atoms with Crippen molar-refractivity contribution in [2.24, 2.45) is 0 Å². The van der Waals surface area contributed by atoms with Crippen molar-refractivity contribution in [1.29, 1.82) is 0 Å². The maximum Gasteiger partial charge on any atom is 0.339 e. The van der Waals surface area contributed by atoms with E-state index in [2.05, 4.69) is 6.08 Å². The van der Waals surface area contributed by atoms with Gasteiger partial charge >= 0.3 is 5.97 Å². The van der Waals surface area contributed by atoms with Crippen LogP contribution in [0.4, 0.5) is 0 Å². The maximum absolute atomic E-state index is 13.4. The van der Waals surface area contributed by atoms with Crippen molar-refractivity contribution in [1.82, 2.24) is 4.98 Å². The first kappa shape index (κ1) is 23.3. The summed E-state index contributed by atoms with van der Waals surface area (Å²) in [5.74, 6) is 0.264. The van der Waals surface area contributed by atoms with E-state index in [9.17, 15) is 9.59 Å². The Balaban J connectivity index is 1.29. The number of para-hydroxylation sites is 1. The van der Waals surface area contributed by atoms with E-state index in [1.807, 2.05) is 48.5 Å². The quantitative estimate of drug-likeness (QED) is 0.235. The van der Waals surface area contributed by atoms with Gasteiger partial charge in [-0.05, 0) is 72.0 Å². The van der Waals surface area contributed by atoms with Gasteiger partial charge in [0.05, 0.1) is 16.8 Å². The van der Waals surface area contributed by atoms with Crippen LogP contribution in [0.25, 0.3) is 22.6 Å². The molecule has 37 heavy (non-hydrogen) atoms. The summed E-state index contributed by atoms with van der Waals surface area (Å²) in [5, 5.41) is 1.39. The zero-order chi connectivity index (χ0) is 25.4. The number of ether oxygens (including phenoxy) is 3. The number of aromatic nitrogens is 1. The number of ketones is 1. The molecule has 2 heterocycles. The zero-order valence-electron chi connectivity index (χ0n) is 19.8. The topological polar surface area (TPSA) is 74.7 Å². The number of benzene rings is 3. The van der Waals surface area contributed by atoms with Gasteiger partial charge in [-0.25, -0.2) is 9.78 Å². The fourth-order valence-electron chi connectivity index (χ4n) is 4.78. The van der Waals surface area contributed by atoms with Gasteiger partial charge in [-0.1, -0.05) is 41.9 Å². The second-order valence-corrected chi connectivity index (χ2v) is 9.35. The van der Waals surface area contributed by atoms with Crippen LogP contribution in [0.5, 0.6) is 11.5 Å². The fourth-order valence-corrected chi connectivity index (χ4v) is 4.90. The molecule has 0 unspecified atom stereocenters. The highest BCUT2D eigenvalue weighted by Gasteiger charge is 2.28. The number of hydrogen-bond donors (Lipinski definition) is 0. The molecule has 0 amide bonds. The number of pyridine rings is 1. The number of Topliss-reactive ketones (excluding diaryl/α,β-unsaturated/α-hetero) is 1. The van der Waals surface area contributed by atoms with E-state index in [0.717, 1.165) is 28.8 Å². The van der Waals surface area contributed by atoms with E-state index >= 15 is 0 Å². The van der Waals surface area contributed by atoms with Crippen LogP contribution in [0.15, 0.2) is 66.7 Å². The van der Waals surface area contributed by atoms with Gasteiger partial charge in [0.15, 0.2) is 23.9 Å². The maximum atomic E-state index is 13.4. The summed E-state index contributed by atoms with van der Waals surface area (Å²) in [6.45, 7) is 0.518. The third kappa shape index (κ3) is 4.56. The molecule has 7 heteroatoms. The number of esters is 1. The van der Waals surface area contributed by atoms with E-state index in [-0.39, 0.29) is 12.4 Å². The molecular formula is C30H22ClNO5. The van der Waals surface area contributed by atoms with E-state index in [0.29, 0.717) is 58.2 Å². The molecule has 6 nitrogen and oxygen atoms in total. The Hall–Kier alpha value is -4.16. The molecule has 184 valence electrons. The SMILES string of the molecule is O=C(COC(=O)c1c2c(nc3ccccc13)/C(=C/c1ccc(Cl)cc1)CC2)c1ccc2c(c1)OCCO2. The second-order valence-electron chi connectivity index (χ2n) is 8.91. The molecule has 3 aromatic carbocycles. The summed E-state index contributed by atoms with van der Waals surface area (Å²) in [6.07, 6.45) is 3.48.